The first-order valence-electron chi connectivity index (χ1n) is 8.30. The Bertz CT molecular complexity index is 742. The molecule has 1 fully saturated rings. The molecule has 1 saturated heterocycles. The monoisotopic (exact) mass is 339 g/mol. The molecule has 0 atom stereocenters. The second kappa shape index (κ2) is 7.79. The van der Waals surface area contributed by atoms with Crippen LogP contribution in [0.4, 0.5) is 5.69 Å². The fourth-order valence-corrected chi connectivity index (χ4v) is 2.80. The standard InChI is InChI=1S/C19H21N3O3/c1-25-18-9-6-15(13-21-18)12-20-17(23)11-14-4-7-16(8-5-14)22-10-2-3-19(22)24/h4-9,13H,2-3,10-12H2,1H3,(H,20,23). The first-order valence-corrected chi connectivity index (χ1v) is 8.30. The number of anilines is 1. The second-order valence-corrected chi connectivity index (χ2v) is 5.98. The van der Waals surface area contributed by atoms with Crippen molar-refractivity contribution >= 4 is 17.5 Å². The number of benzene rings is 1. The zero-order chi connectivity index (χ0) is 17.6. The number of aromatic nitrogens is 1. The van der Waals surface area contributed by atoms with Crippen molar-refractivity contribution in [1.82, 2.24) is 10.3 Å². The molecule has 2 heterocycles. The van der Waals surface area contributed by atoms with E-state index in [9.17, 15) is 9.59 Å². The van der Waals surface area contributed by atoms with E-state index in [2.05, 4.69) is 10.3 Å². The Kier molecular flexibility index (Phi) is 5.28. The van der Waals surface area contributed by atoms with E-state index in [1.165, 1.54) is 0 Å². The van der Waals surface area contributed by atoms with Gasteiger partial charge in [-0.25, -0.2) is 4.98 Å². The van der Waals surface area contributed by atoms with Gasteiger partial charge in [0.25, 0.3) is 0 Å². The Labute approximate surface area is 146 Å². The molecule has 0 radical (unpaired) electrons. The van der Waals surface area contributed by atoms with E-state index in [0.717, 1.165) is 29.8 Å². The number of methoxy groups -OCH3 is 1. The molecule has 3 rings (SSSR count). The highest BCUT2D eigenvalue weighted by Crippen LogP contribution is 2.21. The lowest BCUT2D eigenvalue weighted by molar-refractivity contribution is -0.120. The Morgan fingerprint density at radius 1 is 1.20 bits per heavy atom. The number of amides is 2. The fraction of sp³-hybridized carbons (Fsp3) is 0.316. The van der Waals surface area contributed by atoms with Crippen LogP contribution in [-0.2, 0) is 22.6 Å². The van der Waals surface area contributed by atoms with E-state index in [0.29, 0.717) is 25.3 Å². The van der Waals surface area contributed by atoms with Crippen LogP contribution in [0.3, 0.4) is 0 Å². The molecule has 1 aromatic heterocycles. The Hall–Kier alpha value is -2.89. The van der Waals surface area contributed by atoms with Gasteiger partial charge in [-0.1, -0.05) is 18.2 Å². The van der Waals surface area contributed by atoms with E-state index in [-0.39, 0.29) is 11.8 Å². The molecule has 1 aliphatic heterocycles. The number of ether oxygens (including phenoxy) is 1. The molecule has 0 unspecified atom stereocenters. The Morgan fingerprint density at radius 3 is 2.56 bits per heavy atom. The van der Waals surface area contributed by atoms with Crippen LogP contribution in [0.2, 0.25) is 0 Å². The summed E-state index contributed by atoms with van der Waals surface area (Å²) in [5.41, 5.74) is 2.73. The molecule has 130 valence electrons. The van der Waals surface area contributed by atoms with Gasteiger partial charge in [-0.2, -0.15) is 0 Å². The first kappa shape index (κ1) is 17.0. The highest BCUT2D eigenvalue weighted by Gasteiger charge is 2.21. The number of hydrogen-bond donors (Lipinski definition) is 1. The zero-order valence-electron chi connectivity index (χ0n) is 14.2. The summed E-state index contributed by atoms with van der Waals surface area (Å²) >= 11 is 0. The Balaban J connectivity index is 1.51. The molecule has 0 spiro atoms. The minimum absolute atomic E-state index is 0.0548. The minimum atomic E-state index is -0.0548. The first-order chi connectivity index (χ1) is 12.2. The number of nitrogens with one attached hydrogen (secondary N) is 1. The quantitative estimate of drug-likeness (QED) is 0.875. The molecule has 2 amide bonds. The SMILES string of the molecule is COc1ccc(CNC(=O)Cc2ccc(N3CCCC3=O)cc2)cn1. The second-order valence-electron chi connectivity index (χ2n) is 5.98. The van der Waals surface area contributed by atoms with Crippen LogP contribution in [-0.4, -0.2) is 30.5 Å². The molecule has 6 heteroatoms. The van der Waals surface area contributed by atoms with Crippen molar-refractivity contribution in [3.05, 3.63) is 53.7 Å². The maximum atomic E-state index is 12.1. The van der Waals surface area contributed by atoms with Gasteiger partial charge in [-0.3, -0.25) is 9.59 Å². The van der Waals surface area contributed by atoms with Crippen molar-refractivity contribution < 1.29 is 14.3 Å². The van der Waals surface area contributed by atoms with Crippen LogP contribution < -0.4 is 15.0 Å². The Morgan fingerprint density at radius 2 is 1.96 bits per heavy atom. The number of carbonyl (C=O) groups excluding carboxylic acids is 2. The van der Waals surface area contributed by atoms with E-state index in [1.807, 2.05) is 30.3 Å². The van der Waals surface area contributed by atoms with Crippen molar-refractivity contribution in [3.63, 3.8) is 0 Å². The average molecular weight is 339 g/mol. The van der Waals surface area contributed by atoms with Crippen LogP contribution in [0.1, 0.15) is 24.0 Å². The topological polar surface area (TPSA) is 71.5 Å². The van der Waals surface area contributed by atoms with E-state index in [4.69, 9.17) is 4.74 Å². The fourth-order valence-electron chi connectivity index (χ4n) is 2.80. The third-order valence-electron chi connectivity index (χ3n) is 4.18. The van der Waals surface area contributed by atoms with Gasteiger partial charge in [-0.05, 0) is 29.7 Å². The lowest BCUT2D eigenvalue weighted by Gasteiger charge is -2.15. The summed E-state index contributed by atoms with van der Waals surface area (Å²) in [7, 11) is 1.56. The summed E-state index contributed by atoms with van der Waals surface area (Å²) in [6.45, 7) is 1.20. The third-order valence-corrected chi connectivity index (χ3v) is 4.18. The van der Waals surface area contributed by atoms with Gasteiger partial charge in [-0.15, -0.1) is 0 Å². The van der Waals surface area contributed by atoms with Crippen molar-refractivity contribution in [1.29, 1.82) is 0 Å². The average Bonchev–Trinajstić information content (AvgIpc) is 3.07. The summed E-state index contributed by atoms with van der Waals surface area (Å²) in [5, 5.41) is 2.88. The molecule has 0 aliphatic carbocycles. The summed E-state index contributed by atoms with van der Waals surface area (Å²) in [5.74, 6) is 0.658. The summed E-state index contributed by atoms with van der Waals surface area (Å²) in [6, 6.07) is 11.2. The highest BCUT2D eigenvalue weighted by atomic mass is 16.5. The largest absolute Gasteiger partial charge is 0.481 e. The molecule has 6 nitrogen and oxygen atoms in total. The van der Waals surface area contributed by atoms with Gasteiger partial charge in [0.1, 0.15) is 0 Å². The highest BCUT2D eigenvalue weighted by molar-refractivity contribution is 5.95. The molecular formula is C19H21N3O3. The smallest absolute Gasteiger partial charge is 0.227 e. The van der Waals surface area contributed by atoms with E-state index in [1.54, 1.807) is 24.3 Å². The van der Waals surface area contributed by atoms with Crippen LogP contribution >= 0.6 is 0 Å². The number of carbonyl (C=O) groups is 2. The molecule has 1 N–H and O–H groups in total. The molecule has 1 aromatic carbocycles. The summed E-state index contributed by atoms with van der Waals surface area (Å²) < 4.78 is 5.00. The van der Waals surface area contributed by atoms with Crippen molar-refractivity contribution in [3.8, 4) is 5.88 Å². The van der Waals surface area contributed by atoms with Crippen molar-refractivity contribution in [2.75, 3.05) is 18.6 Å². The van der Waals surface area contributed by atoms with E-state index < -0.39 is 0 Å². The van der Waals surface area contributed by atoms with Crippen molar-refractivity contribution in [2.45, 2.75) is 25.8 Å². The maximum absolute atomic E-state index is 12.1. The molecule has 0 saturated carbocycles. The van der Waals surface area contributed by atoms with Crippen LogP contribution in [0, 0.1) is 0 Å². The minimum Gasteiger partial charge on any atom is -0.481 e. The predicted molar refractivity (Wildman–Crippen MR) is 94.4 cm³/mol. The molecule has 1 aliphatic rings. The number of hydrogen-bond acceptors (Lipinski definition) is 4. The lowest BCUT2D eigenvalue weighted by atomic mass is 10.1. The van der Waals surface area contributed by atoms with Crippen molar-refractivity contribution in [2.24, 2.45) is 0 Å². The summed E-state index contributed by atoms with van der Waals surface area (Å²) in [4.78, 5) is 29.7. The van der Waals surface area contributed by atoms with E-state index >= 15 is 0 Å². The lowest BCUT2D eigenvalue weighted by Crippen LogP contribution is -2.25. The van der Waals surface area contributed by atoms with Gasteiger partial charge in [0.15, 0.2) is 0 Å². The van der Waals surface area contributed by atoms with Crippen LogP contribution in [0.5, 0.6) is 5.88 Å². The van der Waals surface area contributed by atoms with Gasteiger partial charge >= 0.3 is 0 Å². The van der Waals surface area contributed by atoms with Gasteiger partial charge in [0.05, 0.1) is 13.5 Å². The zero-order valence-corrected chi connectivity index (χ0v) is 14.2. The maximum Gasteiger partial charge on any atom is 0.227 e. The number of pyridine rings is 1. The third kappa shape index (κ3) is 4.35. The van der Waals surface area contributed by atoms with Crippen LogP contribution in [0.25, 0.3) is 0 Å². The summed E-state index contributed by atoms with van der Waals surface area (Å²) in [6.07, 6.45) is 3.51. The molecule has 0 bridgehead atoms. The molecule has 25 heavy (non-hydrogen) atoms. The van der Waals surface area contributed by atoms with Gasteiger partial charge in [0, 0.05) is 37.5 Å². The molecule has 2 aromatic rings. The van der Waals surface area contributed by atoms with Gasteiger partial charge in [0.2, 0.25) is 17.7 Å². The number of rotatable bonds is 6. The number of nitrogens with zero attached hydrogens (tertiary/aromatic N) is 2. The predicted octanol–water partition coefficient (Wildman–Crippen LogP) is 2.08. The van der Waals surface area contributed by atoms with Gasteiger partial charge < -0.3 is 15.0 Å². The molecular weight excluding hydrogens is 318 g/mol. The van der Waals surface area contributed by atoms with Crippen LogP contribution in [0.15, 0.2) is 42.6 Å². The normalized spacial score (nSPS) is 13.8.